The summed E-state index contributed by atoms with van der Waals surface area (Å²) in [7, 11) is 0. The van der Waals surface area contributed by atoms with Crippen LogP contribution in [-0.4, -0.2) is 11.2 Å². The van der Waals surface area contributed by atoms with Gasteiger partial charge in [0.1, 0.15) is 6.07 Å². The van der Waals surface area contributed by atoms with Crippen molar-refractivity contribution in [2.45, 2.75) is 64.1 Å². The monoisotopic (exact) mass is 197 g/mol. The number of nitriles is 1. The summed E-state index contributed by atoms with van der Waals surface area (Å²) in [5, 5.41) is 9.08. The first kappa shape index (κ1) is 11.5. The Labute approximate surface area is 85.9 Å². The number of hydrogen-bond acceptors (Lipinski definition) is 3. The second-order valence-electron chi connectivity index (χ2n) is 4.95. The quantitative estimate of drug-likeness (QED) is 0.505. The van der Waals surface area contributed by atoms with E-state index in [0.29, 0.717) is 0 Å². The summed E-state index contributed by atoms with van der Waals surface area (Å²) in [5.41, 5.74) is -1.03. The van der Waals surface area contributed by atoms with Crippen LogP contribution in [0.3, 0.4) is 0 Å². The lowest BCUT2D eigenvalue weighted by molar-refractivity contribution is -0.395. The maximum atomic E-state index is 9.08. The van der Waals surface area contributed by atoms with Gasteiger partial charge in [-0.2, -0.15) is 5.26 Å². The normalized spacial score (nSPS) is 21.6. The third kappa shape index (κ3) is 3.28. The fourth-order valence-corrected chi connectivity index (χ4v) is 1.54. The van der Waals surface area contributed by atoms with Gasteiger partial charge in [-0.05, 0) is 46.5 Å². The Balaban J connectivity index is 2.50. The molecule has 14 heavy (non-hydrogen) atoms. The van der Waals surface area contributed by atoms with Crippen LogP contribution in [0.2, 0.25) is 0 Å². The minimum Gasteiger partial charge on any atom is -0.229 e. The van der Waals surface area contributed by atoms with Crippen LogP contribution < -0.4 is 0 Å². The van der Waals surface area contributed by atoms with E-state index in [1.54, 1.807) is 0 Å². The van der Waals surface area contributed by atoms with Gasteiger partial charge in [-0.15, -0.1) is 0 Å². The number of hydrogen-bond donors (Lipinski definition) is 0. The topological polar surface area (TPSA) is 42.2 Å². The molecule has 0 bridgehead atoms. The minimum atomic E-state index is -0.689. The van der Waals surface area contributed by atoms with Crippen molar-refractivity contribution in [1.82, 2.24) is 0 Å². The van der Waals surface area contributed by atoms with E-state index in [2.05, 4.69) is 6.07 Å². The second-order valence-corrected chi connectivity index (χ2v) is 4.95. The van der Waals surface area contributed by atoms with Crippen LogP contribution in [0, 0.1) is 11.3 Å². The van der Waals surface area contributed by atoms with Gasteiger partial charge in [0.15, 0.2) is 5.60 Å². The van der Waals surface area contributed by atoms with Crippen molar-refractivity contribution in [2.75, 3.05) is 0 Å². The van der Waals surface area contributed by atoms with E-state index in [9.17, 15) is 0 Å². The first-order chi connectivity index (χ1) is 6.47. The predicted molar refractivity (Wildman–Crippen MR) is 53.4 cm³/mol. The van der Waals surface area contributed by atoms with Gasteiger partial charge in [0.25, 0.3) is 0 Å². The van der Waals surface area contributed by atoms with Crippen molar-refractivity contribution >= 4 is 0 Å². The molecule has 0 saturated heterocycles. The standard InChI is InChI=1S/C11H19NO2/c1-10(2,3)13-14-11(9-12)7-5-4-6-8-11/h4-8H2,1-3H3. The van der Waals surface area contributed by atoms with Crippen LogP contribution in [0.4, 0.5) is 0 Å². The molecule has 0 radical (unpaired) electrons. The van der Waals surface area contributed by atoms with E-state index < -0.39 is 5.60 Å². The average molecular weight is 197 g/mol. The Morgan fingerprint density at radius 1 is 1.14 bits per heavy atom. The molecule has 0 spiro atoms. The summed E-state index contributed by atoms with van der Waals surface area (Å²) in [6.07, 6.45) is 4.89. The molecule has 1 rings (SSSR count). The van der Waals surface area contributed by atoms with Gasteiger partial charge in [0.05, 0.1) is 5.60 Å². The van der Waals surface area contributed by atoms with Crippen molar-refractivity contribution in [3.05, 3.63) is 0 Å². The van der Waals surface area contributed by atoms with Crippen LogP contribution in [-0.2, 0) is 9.78 Å². The van der Waals surface area contributed by atoms with Gasteiger partial charge in [0.2, 0.25) is 0 Å². The van der Waals surface area contributed by atoms with Crippen molar-refractivity contribution in [3.63, 3.8) is 0 Å². The van der Waals surface area contributed by atoms with E-state index in [-0.39, 0.29) is 5.60 Å². The van der Waals surface area contributed by atoms with E-state index in [4.69, 9.17) is 15.0 Å². The molecule has 0 aromatic heterocycles. The zero-order valence-corrected chi connectivity index (χ0v) is 9.30. The third-order valence-corrected chi connectivity index (χ3v) is 2.32. The molecule has 0 aliphatic heterocycles. The molecule has 0 aromatic rings. The highest BCUT2D eigenvalue weighted by Gasteiger charge is 2.35. The smallest absolute Gasteiger partial charge is 0.189 e. The number of nitrogens with zero attached hydrogens (tertiary/aromatic N) is 1. The fraction of sp³-hybridized carbons (Fsp3) is 0.909. The number of rotatable bonds is 2. The third-order valence-electron chi connectivity index (χ3n) is 2.32. The molecule has 0 unspecified atom stereocenters. The molecule has 3 nitrogen and oxygen atoms in total. The molecule has 1 aliphatic carbocycles. The Morgan fingerprint density at radius 2 is 1.71 bits per heavy atom. The predicted octanol–water partition coefficient (Wildman–Crippen LogP) is 2.96. The highest BCUT2D eigenvalue weighted by Crippen LogP contribution is 2.32. The molecular weight excluding hydrogens is 178 g/mol. The van der Waals surface area contributed by atoms with Gasteiger partial charge in [-0.1, -0.05) is 6.42 Å². The molecule has 3 heteroatoms. The second kappa shape index (κ2) is 4.29. The minimum absolute atomic E-state index is 0.346. The average Bonchev–Trinajstić information content (AvgIpc) is 2.15. The molecular formula is C11H19NO2. The van der Waals surface area contributed by atoms with Crippen LogP contribution in [0.1, 0.15) is 52.9 Å². The summed E-state index contributed by atoms with van der Waals surface area (Å²) in [6, 6.07) is 2.24. The van der Waals surface area contributed by atoms with E-state index in [0.717, 1.165) is 25.7 Å². The highest BCUT2D eigenvalue weighted by molar-refractivity contribution is 5.02. The lowest BCUT2D eigenvalue weighted by atomic mass is 9.86. The molecule has 0 atom stereocenters. The van der Waals surface area contributed by atoms with Crippen LogP contribution >= 0.6 is 0 Å². The van der Waals surface area contributed by atoms with Crippen LogP contribution in [0.5, 0.6) is 0 Å². The van der Waals surface area contributed by atoms with Crippen molar-refractivity contribution in [2.24, 2.45) is 0 Å². The largest absolute Gasteiger partial charge is 0.229 e. The molecule has 0 amide bonds. The molecule has 0 heterocycles. The molecule has 0 N–H and O–H groups in total. The molecule has 80 valence electrons. The fourth-order valence-electron chi connectivity index (χ4n) is 1.54. The van der Waals surface area contributed by atoms with Gasteiger partial charge >= 0.3 is 0 Å². The Morgan fingerprint density at radius 3 is 2.14 bits per heavy atom. The zero-order chi connectivity index (χ0) is 10.7. The first-order valence-corrected chi connectivity index (χ1v) is 5.26. The van der Waals surface area contributed by atoms with E-state index in [1.165, 1.54) is 6.42 Å². The Kier molecular flexibility index (Phi) is 3.52. The van der Waals surface area contributed by atoms with E-state index >= 15 is 0 Å². The zero-order valence-electron chi connectivity index (χ0n) is 9.30. The SMILES string of the molecule is CC(C)(C)OOC1(C#N)CCCCC1. The molecule has 1 fully saturated rings. The van der Waals surface area contributed by atoms with Gasteiger partial charge < -0.3 is 0 Å². The lowest BCUT2D eigenvalue weighted by Gasteiger charge is -2.31. The summed E-state index contributed by atoms with van der Waals surface area (Å²) in [4.78, 5) is 10.6. The summed E-state index contributed by atoms with van der Waals surface area (Å²) in [5.74, 6) is 0. The van der Waals surface area contributed by atoms with Gasteiger partial charge in [-0.25, -0.2) is 9.78 Å². The summed E-state index contributed by atoms with van der Waals surface area (Å²) < 4.78 is 0. The van der Waals surface area contributed by atoms with Gasteiger partial charge in [0, 0.05) is 0 Å². The van der Waals surface area contributed by atoms with Crippen molar-refractivity contribution in [1.29, 1.82) is 5.26 Å². The maximum absolute atomic E-state index is 9.08. The Bertz CT molecular complexity index is 218. The first-order valence-electron chi connectivity index (χ1n) is 5.26. The van der Waals surface area contributed by atoms with Crippen LogP contribution in [0.15, 0.2) is 0 Å². The molecule has 1 saturated carbocycles. The van der Waals surface area contributed by atoms with Crippen molar-refractivity contribution in [3.8, 4) is 6.07 Å². The summed E-state index contributed by atoms with van der Waals surface area (Å²) in [6.45, 7) is 5.75. The lowest BCUT2D eigenvalue weighted by Crippen LogP contribution is -2.36. The summed E-state index contributed by atoms with van der Waals surface area (Å²) >= 11 is 0. The molecule has 1 aliphatic rings. The Hall–Kier alpha value is -0.590. The van der Waals surface area contributed by atoms with E-state index in [1.807, 2.05) is 20.8 Å². The van der Waals surface area contributed by atoms with Crippen molar-refractivity contribution < 1.29 is 9.78 Å². The maximum Gasteiger partial charge on any atom is 0.189 e. The van der Waals surface area contributed by atoms with Gasteiger partial charge in [-0.3, -0.25) is 0 Å². The highest BCUT2D eigenvalue weighted by atomic mass is 17.2. The molecule has 0 aromatic carbocycles. The van der Waals surface area contributed by atoms with Crippen LogP contribution in [0.25, 0.3) is 0 Å².